The average Bonchev–Trinajstić information content (AvgIpc) is 2.76. The number of rotatable bonds is 3. The Kier molecular flexibility index (Phi) is 4.33. The van der Waals surface area contributed by atoms with Gasteiger partial charge in [-0.3, -0.25) is 0 Å². The fourth-order valence-electron chi connectivity index (χ4n) is 3.08. The van der Waals surface area contributed by atoms with E-state index >= 15 is 0 Å². The number of nitrogens with one attached hydrogen (secondary N) is 1. The molecule has 1 fully saturated rings. The Balaban J connectivity index is 1.86. The zero-order chi connectivity index (χ0) is 15.0. The number of hydrogen-bond acceptors (Lipinski definition) is 2. The summed E-state index contributed by atoms with van der Waals surface area (Å²) >= 11 is 11.3. The van der Waals surface area contributed by atoms with Crippen LogP contribution in [0.4, 0.5) is 4.39 Å². The van der Waals surface area contributed by atoms with Gasteiger partial charge >= 0.3 is 0 Å². The minimum Gasteiger partial charge on any atom is -0.330 e. The van der Waals surface area contributed by atoms with Crippen molar-refractivity contribution in [1.82, 2.24) is 14.5 Å². The van der Waals surface area contributed by atoms with E-state index < -0.39 is 5.82 Å². The van der Waals surface area contributed by atoms with E-state index in [1.165, 1.54) is 18.9 Å². The number of hydrogen-bond donors (Lipinski definition) is 1. The lowest BCUT2D eigenvalue weighted by Crippen LogP contribution is -2.34. The van der Waals surface area contributed by atoms with Gasteiger partial charge in [0.05, 0.1) is 16.1 Å². The van der Waals surface area contributed by atoms with Crippen molar-refractivity contribution in [2.75, 3.05) is 19.6 Å². The maximum atomic E-state index is 13.5. The van der Waals surface area contributed by atoms with Gasteiger partial charge in [0.15, 0.2) is 4.77 Å². The van der Waals surface area contributed by atoms with Crippen LogP contribution in [-0.2, 0) is 6.54 Å². The summed E-state index contributed by atoms with van der Waals surface area (Å²) in [7, 11) is 0. The summed E-state index contributed by atoms with van der Waals surface area (Å²) in [5, 5.41) is 0.144. The number of halogens is 2. The number of benzene rings is 1. The molecule has 3 rings (SSSR count). The molecule has 1 aromatic heterocycles. The lowest BCUT2D eigenvalue weighted by molar-refractivity contribution is 0.181. The molecule has 2 heterocycles. The Morgan fingerprint density at radius 2 is 2.10 bits per heavy atom. The lowest BCUT2D eigenvalue weighted by Gasteiger charge is -2.31. The Bertz CT molecular complexity index is 701. The minimum absolute atomic E-state index is 0.144. The Hall–Kier alpha value is -0.910. The highest BCUT2D eigenvalue weighted by Crippen LogP contribution is 2.26. The molecule has 2 aromatic rings. The van der Waals surface area contributed by atoms with Gasteiger partial charge in [0.1, 0.15) is 5.82 Å². The second-order valence-corrected chi connectivity index (χ2v) is 6.50. The lowest BCUT2D eigenvalue weighted by atomic mass is 9.97. The number of nitrogens with zero attached hydrogens (tertiary/aromatic N) is 2. The van der Waals surface area contributed by atoms with Gasteiger partial charge in [-0.2, -0.15) is 0 Å². The quantitative estimate of drug-likeness (QED) is 0.853. The molecule has 0 saturated carbocycles. The first-order valence-corrected chi connectivity index (χ1v) is 8.17. The molecule has 1 aliphatic heterocycles. The molecule has 1 N–H and O–H groups in total. The first-order chi connectivity index (χ1) is 10.1. The number of likely N-dealkylation sites (tertiary alicyclic amines) is 1. The van der Waals surface area contributed by atoms with Crippen molar-refractivity contribution in [3.63, 3.8) is 0 Å². The number of imidazole rings is 1. The molecule has 0 bridgehead atoms. The number of H-pyrrole nitrogens is 1. The highest BCUT2D eigenvalue weighted by molar-refractivity contribution is 7.71. The predicted octanol–water partition coefficient (Wildman–Crippen LogP) is 4.22. The molecule has 114 valence electrons. The van der Waals surface area contributed by atoms with E-state index in [0.717, 1.165) is 31.7 Å². The van der Waals surface area contributed by atoms with Crippen LogP contribution in [0.15, 0.2) is 12.1 Å². The molecule has 6 heteroatoms. The molecule has 0 aliphatic carbocycles. The molecular formula is C15H19ClFN3S. The Labute approximate surface area is 133 Å². The smallest absolute Gasteiger partial charge is 0.178 e. The van der Waals surface area contributed by atoms with Crippen molar-refractivity contribution < 1.29 is 4.39 Å². The standard InChI is InChI=1S/C15H19ClFN3S/c1-2-19-5-3-10(4-6-19)9-20-14-7-11(16)12(17)8-13(14)18-15(20)21/h7-8,10H,2-6,9H2,1H3,(H,18,21). The molecule has 1 saturated heterocycles. The molecule has 1 aromatic carbocycles. The van der Waals surface area contributed by atoms with Crippen molar-refractivity contribution in [2.45, 2.75) is 26.3 Å². The number of aromatic nitrogens is 2. The van der Waals surface area contributed by atoms with Gasteiger partial charge in [-0.1, -0.05) is 18.5 Å². The maximum absolute atomic E-state index is 13.5. The first-order valence-electron chi connectivity index (χ1n) is 7.38. The van der Waals surface area contributed by atoms with Crippen molar-refractivity contribution in [2.24, 2.45) is 5.92 Å². The van der Waals surface area contributed by atoms with Gasteiger partial charge in [0, 0.05) is 12.6 Å². The molecule has 0 amide bonds. The topological polar surface area (TPSA) is 24.0 Å². The third-order valence-electron chi connectivity index (χ3n) is 4.41. The Morgan fingerprint density at radius 3 is 2.76 bits per heavy atom. The van der Waals surface area contributed by atoms with Crippen molar-refractivity contribution in [3.05, 3.63) is 27.7 Å². The van der Waals surface area contributed by atoms with Crippen molar-refractivity contribution in [1.29, 1.82) is 0 Å². The average molecular weight is 328 g/mol. The van der Waals surface area contributed by atoms with Gasteiger partial charge in [-0.05, 0) is 56.7 Å². The highest BCUT2D eigenvalue weighted by atomic mass is 35.5. The van der Waals surface area contributed by atoms with Crippen LogP contribution in [0.25, 0.3) is 11.0 Å². The van der Waals surface area contributed by atoms with E-state index in [1.807, 2.05) is 0 Å². The highest BCUT2D eigenvalue weighted by Gasteiger charge is 2.20. The minimum atomic E-state index is -0.413. The van der Waals surface area contributed by atoms with Crippen LogP contribution in [0.5, 0.6) is 0 Å². The molecule has 3 nitrogen and oxygen atoms in total. The summed E-state index contributed by atoms with van der Waals surface area (Å²) in [5.74, 6) is 0.200. The van der Waals surface area contributed by atoms with Gasteiger partial charge in [-0.15, -0.1) is 0 Å². The molecule has 0 radical (unpaired) electrons. The number of fused-ring (bicyclic) bond motifs is 1. The maximum Gasteiger partial charge on any atom is 0.178 e. The van der Waals surface area contributed by atoms with Crippen LogP contribution < -0.4 is 0 Å². The van der Waals surface area contributed by atoms with Gasteiger partial charge in [-0.25, -0.2) is 4.39 Å². The van der Waals surface area contributed by atoms with E-state index in [1.54, 1.807) is 6.07 Å². The first kappa shape index (κ1) is 15.0. The largest absolute Gasteiger partial charge is 0.330 e. The zero-order valence-corrected chi connectivity index (χ0v) is 13.6. The summed E-state index contributed by atoms with van der Waals surface area (Å²) in [5.41, 5.74) is 1.61. The summed E-state index contributed by atoms with van der Waals surface area (Å²) in [4.78, 5) is 5.54. The molecule has 0 spiro atoms. The second-order valence-electron chi connectivity index (χ2n) is 5.70. The fourth-order valence-corrected chi connectivity index (χ4v) is 3.52. The van der Waals surface area contributed by atoms with E-state index in [9.17, 15) is 4.39 Å². The third-order valence-corrected chi connectivity index (χ3v) is 5.02. The van der Waals surface area contributed by atoms with Gasteiger partial charge < -0.3 is 14.5 Å². The van der Waals surface area contributed by atoms with Crippen LogP contribution in [0, 0.1) is 16.5 Å². The molecule has 1 aliphatic rings. The van der Waals surface area contributed by atoms with Crippen LogP contribution in [0.1, 0.15) is 19.8 Å². The fraction of sp³-hybridized carbons (Fsp3) is 0.533. The van der Waals surface area contributed by atoms with E-state index in [4.69, 9.17) is 23.8 Å². The van der Waals surface area contributed by atoms with Crippen LogP contribution in [-0.4, -0.2) is 34.1 Å². The summed E-state index contributed by atoms with van der Waals surface area (Å²) in [6.45, 7) is 6.48. The normalized spacial score (nSPS) is 17.7. The van der Waals surface area contributed by atoms with Gasteiger partial charge in [0.2, 0.25) is 0 Å². The molecular weight excluding hydrogens is 309 g/mol. The summed E-state index contributed by atoms with van der Waals surface area (Å²) in [6, 6.07) is 3.09. The second kappa shape index (κ2) is 6.07. The van der Waals surface area contributed by atoms with Crippen LogP contribution >= 0.6 is 23.8 Å². The number of aromatic amines is 1. The number of piperidine rings is 1. The third kappa shape index (κ3) is 3.00. The Morgan fingerprint density at radius 1 is 1.38 bits per heavy atom. The van der Waals surface area contributed by atoms with Gasteiger partial charge in [0.25, 0.3) is 0 Å². The van der Waals surface area contributed by atoms with Crippen molar-refractivity contribution >= 4 is 34.9 Å². The van der Waals surface area contributed by atoms with E-state index in [0.29, 0.717) is 16.2 Å². The SMILES string of the molecule is CCN1CCC(Cn2c(=S)[nH]c3cc(F)c(Cl)cc32)CC1. The predicted molar refractivity (Wildman–Crippen MR) is 86.9 cm³/mol. The van der Waals surface area contributed by atoms with E-state index in [-0.39, 0.29) is 5.02 Å². The summed E-state index contributed by atoms with van der Waals surface area (Å²) in [6.07, 6.45) is 2.36. The van der Waals surface area contributed by atoms with Crippen LogP contribution in [0.3, 0.4) is 0 Å². The summed E-state index contributed by atoms with van der Waals surface area (Å²) < 4.78 is 16.2. The van der Waals surface area contributed by atoms with E-state index in [2.05, 4.69) is 21.4 Å². The molecule has 0 atom stereocenters. The monoisotopic (exact) mass is 327 g/mol. The molecule has 21 heavy (non-hydrogen) atoms. The van der Waals surface area contributed by atoms with Crippen LogP contribution in [0.2, 0.25) is 5.02 Å². The zero-order valence-electron chi connectivity index (χ0n) is 12.0. The van der Waals surface area contributed by atoms with Crippen molar-refractivity contribution in [3.8, 4) is 0 Å². The molecule has 0 unspecified atom stereocenters.